The lowest BCUT2D eigenvalue weighted by Gasteiger charge is -2.12. The Bertz CT molecular complexity index is 107. The molecule has 12 heavy (non-hydrogen) atoms. The van der Waals surface area contributed by atoms with Crippen LogP contribution in [0.3, 0.4) is 0 Å². The maximum atomic E-state index is 11.6. The summed E-state index contributed by atoms with van der Waals surface area (Å²) in [5, 5.41) is 0. The highest BCUT2D eigenvalue weighted by molar-refractivity contribution is 6.58. The number of halogens is 3. The van der Waals surface area contributed by atoms with E-state index in [9.17, 15) is 12.9 Å². The molecule has 0 aliphatic carbocycles. The Balaban J connectivity index is 3.01. The SMILES string of the molecule is CCOCCOCC[B-](F)(F)F. The molecule has 0 aromatic rings. The molecular weight excluding hydrogens is 172 g/mol. The smallest absolute Gasteiger partial charge is 0.449 e. The van der Waals surface area contributed by atoms with Gasteiger partial charge in [-0.15, -0.1) is 0 Å². The molecule has 6 heteroatoms. The Morgan fingerprint density at radius 2 is 1.58 bits per heavy atom. The molecule has 0 radical (unpaired) electrons. The molecule has 0 N–H and O–H groups in total. The van der Waals surface area contributed by atoms with Gasteiger partial charge in [0, 0.05) is 13.2 Å². The molecule has 0 fully saturated rings. The van der Waals surface area contributed by atoms with Gasteiger partial charge in [-0.2, -0.15) is 0 Å². The fraction of sp³-hybridized carbons (Fsp3) is 1.00. The molecule has 0 bridgehead atoms. The minimum atomic E-state index is -4.69. The van der Waals surface area contributed by atoms with Crippen LogP contribution in [0.1, 0.15) is 6.92 Å². The van der Waals surface area contributed by atoms with Gasteiger partial charge in [-0.05, 0) is 6.92 Å². The number of ether oxygens (including phenoxy) is 2. The van der Waals surface area contributed by atoms with Crippen molar-refractivity contribution in [2.24, 2.45) is 0 Å². The summed E-state index contributed by atoms with van der Waals surface area (Å²) in [6.45, 7) is -1.97. The lowest BCUT2D eigenvalue weighted by molar-refractivity contribution is 0.0566. The van der Waals surface area contributed by atoms with Crippen LogP contribution >= 0.6 is 0 Å². The molecule has 0 aliphatic rings. The van der Waals surface area contributed by atoms with Crippen molar-refractivity contribution < 1.29 is 22.4 Å². The molecule has 0 rings (SSSR count). The van der Waals surface area contributed by atoms with Crippen molar-refractivity contribution in [2.45, 2.75) is 13.2 Å². The Morgan fingerprint density at radius 1 is 1.00 bits per heavy atom. The Morgan fingerprint density at radius 3 is 2.08 bits per heavy atom. The highest BCUT2D eigenvalue weighted by Gasteiger charge is 2.21. The predicted octanol–water partition coefficient (Wildman–Crippen LogP) is 1.89. The van der Waals surface area contributed by atoms with Crippen LogP contribution in [-0.2, 0) is 9.47 Å². The zero-order chi connectivity index (χ0) is 9.45. The molecule has 0 aliphatic heterocycles. The van der Waals surface area contributed by atoms with E-state index in [0.29, 0.717) is 13.2 Å². The molecule has 0 spiro atoms. The quantitative estimate of drug-likeness (QED) is 0.445. The van der Waals surface area contributed by atoms with Crippen molar-refractivity contribution in [1.82, 2.24) is 0 Å². The van der Waals surface area contributed by atoms with Gasteiger partial charge in [0.25, 0.3) is 0 Å². The molecule has 0 amide bonds. The summed E-state index contributed by atoms with van der Waals surface area (Å²) in [4.78, 5) is 0. The lowest BCUT2D eigenvalue weighted by Crippen LogP contribution is -2.18. The topological polar surface area (TPSA) is 18.5 Å². The average molecular weight is 185 g/mol. The van der Waals surface area contributed by atoms with E-state index in [4.69, 9.17) is 4.74 Å². The lowest BCUT2D eigenvalue weighted by atomic mass is 9.87. The van der Waals surface area contributed by atoms with Crippen molar-refractivity contribution in [3.05, 3.63) is 0 Å². The van der Waals surface area contributed by atoms with Gasteiger partial charge in [0.05, 0.1) is 13.2 Å². The first kappa shape index (κ1) is 11.8. The summed E-state index contributed by atoms with van der Waals surface area (Å²) in [5.41, 5.74) is 0. The normalized spacial score (nSPS) is 12.0. The van der Waals surface area contributed by atoms with Gasteiger partial charge in [-0.25, -0.2) is 0 Å². The first-order chi connectivity index (χ1) is 5.56. The third-order valence-electron chi connectivity index (χ3n) is 1.17. The summed E-state index contributed by atoms with van der Waals surface area (Å²) >= 11 is 0. The van der Waals surface area contributed by atoms with Crippen molar-refractivity contribution in [1.29, 1.82) is 0 Å². The first-order valence-corrected chi connectivity index (χ1v) is 3.92. The molecule has 0 heterocycles. The van der Waals surface area contributed by atoms with E-state index in [1.54, 1.807) is 0 Å². The van der Waals surface area contributed by atoms with E-state index in [2.05, 4.69) is 4.74 Å². The van der Waals surface area contributed by atoms with Gasteiger partial charge in [-0.3, -0.25) is 0 Å². The van der Waals surface area contributed by atoms with Gasteiger partial charge < -0.3 is 22.4 Å². The van der Waals surface area contributed by atoms with Gasteiger partial charge in [-0.1, -0.05) is 6.32 Å². The molecule has 74 valence electrons. The van der Waals surface area contributed by atoms with E-state index < -0.39 is 13.3 Å². The minimum Gasteiger partial charge on any atom is -0.449 e. The van der Waals surface area contributed by atoms with Crippen LogP contribution < -0.4 is 0 Å². The average Bonchev–Trinajstić information content (AvgIpc) is 1.94. The highest BCUT2D eigenvalue weighted by atomic mass is 19.4. The molecule has 2 nitrogen and oxygen atoms in total. The number of hydrogen-bond acceptors (Lipinski definition) is 2. The van der Waals surface area contributed by atoms with Gasteiger partial charge in [0.1, 0.15) is 0 Å². The summed E-state index contributed by atoms with van der Waals surface area (Å²) in [6.07, 6.45) is -0.827. The zero-order valence-electron chi connectivity index (χ0n) is 7.06. The van der Waals surface area contributed by atoms with E-state index >= 15 is 0 Å². The summed E-state index contributed by atoms with van der Waals surface area (Å²) < 4.78 is 44.3. The van der Waals surface area contributed by atoms with E-state index in [1.165, 1.54) is 0 Å². The Hall–Kier alpha value is -0.225. The molecule has 0 aromatic heterocycles. The van der Waals surface area contributed by atoms with Gasteiger partial charge in [0.15, 0.2) is 0 Å². The number of rotatable bonds is 7. The maximum absolute atomic E-state index is 11.6. The van der Waals surface area contributed by atoms with Crippen molar-refractivity contribution >= 4 is 6.98 Å². The standard InChI is InChI=1S/C6H13BF3O2/c1-2-11-5-6-12-4-3-7(8,9)10/h2-6H2,1H3/q-1. The largest absolute Gasteiger partial charge is 0.480 e. The fourth-order valence-electron chi connectivity index (χ4n) is 0.581. The van der Waals surface area contributed by atoms with E-state index in [1.807, 2.05) is 6.92 Å². The molecule has 0 aromatic carbocycles. The third-order valence-corrected chi connectivity index (χ3v) is 1.17. The second-order valence-corrected chi connectivity index (χ2v) is 2.31. The Kier molecular flexibility index (Phi) is 6.19. The van der Waals surface area contributed by atoms with Crippen LogP contribution in [0, 0.1) is 0 Å². The molecule has 0 saturated heterocycles. The summed E-state index contributed by atoms with van der Waals surface area (Å²) in [7, 11) is 0. The van der Waals surface area contributed by atoms with Crippen LogP contribution in [0.5, 0.6) is 0 Å². The van der Waals surface area contributed by atoms with Crippen LogP contribution in [0.15, 0.2) is 0 Å². The van der Waals surface area contributed by atoms with Gasteiger partial charge in [0.2, 0.25) is 0 Å². The molecule has 0 unspecified atom stereocenters. The summed E-state index contributed by atoms with van der Waals surface area (Å²) in [6, 6.07) is 0. The predicted molar refractivity (Wildman–Crippen MR) is 41.2 cm³/mol. The molecular formula is C6H13BF3O2-. The maximum Gasteiger partial charge on any atom is 0.480 e. The van der Waals surface area contributed by atoms with Crippen LogP contribution in [0.4, 0.5) is 12.9 Å². The van der Waals surface area contributed by atoms with Gasteiger partial charge >= 0.3 is 6.98 Å². The van der Waals surface area contributed by atoms with Crippen LogP contribution in [-0.4, -0.2) is 33.4 Å². The van der Waals surface area contributed by atoms with Crippen molar-refractivity contribution in [3.63, 3.8) is 0 Å². The second kappa shape index (κ2) is 6.31. The third kappa shape index (κ3) is 9.77. The minimum absolute atomic E-state index is 0.236. The first-order valence-electron chi connectivity index (χ1n) is 3.92. The zero-order valence-corrected chi connectivity index (χ0v) is 7.06. The Labute approximate surface area is 70.1 Å². The second-order valence-electron chi connectivity index (χ2n) is 2.31. The van der Waals surface area contributed by atoms with Crippen LogP contribution in [0.2, 0.25) is 6.32 Å². The van der Waals surface area contributed by atoms with E-state index in [0.717, 1.165) is 0 Å². The monoisotopic (exact) mass is 185 g/mol. The highest BCUT2D eigenvalue weighted by Crippen LogP contribution is 2.13. The summed E-state index contributed by atoms with van der Waals surface area (Å²) in [5.74, 6) is 0. The molecule has 0 atom stereocenters. The number of hydrogen-bond donors (Lipinski definition) is 0. The van der Waals surface area contributed by atoms with Crippen LogP contribution in [0.25, 0.3) is 0 Å². The fourth-order valence-corrected chi connectivity index (χ4v) is 0.581. The van der Waals surface area contributed by atoms with Crippen molar-refractivity contribution in [3.8, 4) is 0 Å². The van der Waals surface area contributed by atoms with Crippen molar-refractivity contribution in [2.75, 3.05) is 26.4 Å². The van der Waals surface area contributed by atoms with E-state index in [-0.39, 0.29) is 13.2 Å². The molecule has 0 saturated carbocycles.